The summed E-state index contributed by atoms with van der Waals surface area (Å²) in [6, 6.07) is 22.7. The molecule has 1 aliphatic heterocycles. The molecule has 0 spiro atoms. The molecule has 9 heteroatoms. The van der Waals surface area contributed by atoms with Crippen LogP contribution >= 0.6 is 11.3 Å². The first-order valence-corrected chi connectivity index (χ1v) is 15.0. The van der Waals surface area contributed by atoms with Gasteiger partial charge in [0.1, 0.15) is 6.61 Å². The van der Waals surface area contributed by atoms with Crippen LogP contribution in [0.3, 0.4) is 0 Å². The molecule has 3 aromatic carbocycles. The van der Waals surface area contributed by atoms with Crippen molar-refractivity contribution in [2.45, 2.75) is 33.4 Å². The Balaban J connectivity index is 1.56. The molecular formula is C34H35N3O5S. The lowest BCUT2D eigenvalue weighted by Gasteiger charge is -2.25. The predicted octanol–water partition coefficient (Wildman–Crippen LogP) is 4.84. The summed E-state index contributed by atoms with van der Waals surface area (Å²) < 4.78 is 19.4. The number of carbonyl (C=O) groups is 1. The van der Waals surface area contributed by atoms with Gasteiger partial charge in [0, 0.05) is 19.8 Å². The molecule has 43 heavy (non-hydrogen) atoms. The van der Waals surface area contributed by atoms with Crippen molar-refractivity contribution >= 4 is 29.1 Å². The van der Waals surface area contributed by atoms with Crippen molar-refractivity contribution in [1.29, 1.82) is 0 Å². The second-order valence-electron chi connectivity index (χ2n) is 10.2. The third-order valence-corrected chi connectivity index (χ3v) is 8.03. The Morgan fingerprint density at radius 2 is 1.72 bits per heavy atom. The Kier molecular flexibility index (Phi) is 9.11. The number of fused-ring (bicyclic) bond motifs is 1. The highest BCUT2D eigenvalue weighted by Crippen LogP contribution is 2.32. The minimum Gasteiger partial charge on any atom is -0.490 e. The van der Waals surface area contributed by atoms with Crippen LogP contribution in [0.4, 0.5) is 5.69 Å². The molecule has 0 fully saturated rings. The maximum atomic E-state index is 14.0. The van der Waals surface area contributed by atoms with Gasteiger partial charge in [0.2, 0.25) is 0 Å². The number of aromatic nitrogens is 1. The summed E-state index contributed by atoms with van der Waals surface area (Å²) in [6.45, 7) is 6.57. The molecule has 1 atom stereocenters. The van der Waals surface area contributed by atoms with Crippen molar-refractivity contribution < 1.29 is 19.0 Å². The van der Waals surface area contributed by atoms with E-state index in [9.17, 15) is 9.59 Å². The van der Waals surface area contributed by atoms with Crippen LogP contribution in [0.2, 0.25) is 0 Å². The Morgan fingerprint density at radius 3 is 2.40 bits per heavy atom. The normalized spacial score (nSPS) is 14.6. The first kappa shape index (κ1) is 29.8. The van der Waals surface area contributed by atoms with Crippen molar-refractivity contribution in [3.63, 3.8) is 0 Å². The van der Waals surface area contributed by atoms with E-state index in [1.807, 2.05) is 105 Å². The molecular weight excluding hydrogens is 562 g/mol. The molecule has 0 N–H and O–H groups in total. The summed E-state index contributed by atoms with van der Waals surface area (Å²) in [4.78, 5) is 34.4. The molecule has 4 aromatic rings. The minimum atomic E-state index is -0.665. The molecule has 0 amide bonds. The molecule has 2 heterocycles. The highest BCUT2D eigenvalue weighted by atomic mass is 32.1. The zero-order valence-corrected chi connectivity index (χ0v) is 25.8. The number of nitrogens with zero attached hydrogens (tertiary/aromatic N) is 3. The molecule has 1 aromatic heterocycles. The van der Waals surface area contributed by atoms with Gasteiger partial charge in [-0.05, 0) is 67.8 Å². The van der Waals surface area contributed by atoms with Gasteiger partial charge in [-0.25, -0.2) is 9.79 Å². The van der Waals surface area contributed by atoms with Crippen molar-refractivity contribution in [1.82, 2.24) is 4.57 Å². The lowest BCUT2D eigenvalue weighted by atomic mass is 9.95. The van der Waals surface area contributed by atoms with Crippen LogP contribution in [0.5, 0.6) is 11.5 Å². The molecule has 8 nitrogen and oxygen atoms in total. The second kappa shape index (κ2) is 13.1. The number of esters is 1. The smallest absolute Gasteiger partial charge is 0.338 e. The molecule has 0 aliphatic carbocycles. The fourth-order valence-electron chi connectivity index (χ4n) is 4.95. The van der Waals surface area contributed by atoms with Crippen LogP contribution in [0.1, 0.15) is 43.5 Å². The van der Waals surface area contributed by atoms with Crippen molar-refractivity contribution in [3.05, 3.63) is 120 Å². The largest absolute Gasteiger partial charge is 0.490 e. The van der Waals surface area contributed by atoms with E-state index in [0.29, 0.717) is 45.3 Å². The number of hydrogen-bond donors (Lipinski definition) is 0. The number of hydrogen-bond acceptors (Lipinski definition) is 8. The number of benzene rings is 3. The molecule has 0 bridgehead atoms. The third-order valence-electron chi connectivity index (χ3n) is 7.04. The molecule has 0 saturated carbocycles. The average molecular weight is 598 g/mol. The van der Waals surface area contributed by atoms with E-state index in [1.165, 1.54) is 11.3 Å². The fraction of sp³-hybridized carbons (Fsp3) is 0.265. The maximum absolute atomic E-state index is 14.0. The standard InChI is InChI=1S/C34H35N3O5S/c1-6-40-28-19-24(13-18-27(28)42-21-23-11-9-8-10-12-23)20-29-32(38)37-31(25-14-16-26(17-15-25)36(4)5)30(33(39)41-7-2)22(3)35-34(37)43-29/h8-20,31H,6-7,21H2,1-5H3/b29-20-/t31-/m1/s1. The second-order valence-corrected chi connectivity index (χ2v) is 11.2. The van der Waals surface area contributed by atoms with Crippen LogP contribution < -0.4 is 29.3 Å². The number of carbonyl (C=O) groups excluding carboxylic acids is 1. The SMILES string of the molecule is CCOC(=O)C1=C(C)N=c2s/c(=C\c3ccc(OCc4ccccc4)c(OCC)c3)c(=O)n2[C@@H]1c1ccc(N(C)C)cc1. The zero-order chi connectivity index (χ0) is 30.5. The fourth-order valence-corrected chi connectivity index (χ4v) is 6.00. The van der Waals surface area contributed by atoms with Crippen molar-refractivity contribution in [3.8, 4) is 11.5 Å². The zero-order valence-electron chi connectivity index (χ0n) is 25.0. The van der Waals surface area contributed by atoms with Gasteiger partial charge in [-0.15, -0.1) is 0 Å². The lowest BCUT2D eigenvalue weighted by molar-refractivity contribution is -0.139. The number of allylic oxidation sites excluding steroid dienone is 1. The minimum absolute atomic E-state index is 0.222. The maximum Gasteiger partial charge on any atom is 0.338 e. The van der Waals surface area contributed by atoms with Crippen LogP contribution in [0, 0.1) is 0 Å². The van der Waals surface area contributed by atoms with E-state index in [1.54, 1.807) is 18.4 Å². The van der Waals surface area contributed by atoms with Gasteiger partial charge in [0.25, 0.3) is 5.56 Å². The first-order chi connectivity index (χ1) is 20.8. The Bertz CT molecular complexity index is 1820. The average Bonchev–Trinajstić information content (AvgIpc) is 3.30. The highest BCUT2D eigenvalue weighted by Gasteiger charge is 2.33. The van der Waals surface area contributed by atoms with Crippen molar-refractivity contribution in [2.24, 2.45) is 4.99 Å². The van der Waals surface area contributed by atoms with Crippen LogP contribution in [-0.2, 0) is 16.1 Å². The Hall–Kier alpha value is -4.63. The van der Waals surface area contributed by atoms with E-state index < -0.39 is 12.0 Å². The molecule has 0 saturated heterocycles. The van der Waals surface area contributed by atoms with Gasteiger partial charge in [0.15, 0.2) is 16.3 Å². The predicted molar refractivity (Wildman–Crippen MR) is 170 cm³/mol. The summed E-state index contributed by atoms with van der Waals surface area (Å²) in [7, 11) is 3.93. The molecule has 0 radical (unpaired) electrons. The Labute approximate surface area is 254 Å². The number of rotatable bonds is 10. The van der Waals surface area contributed by atoms with Crippen LogP contribution in [-0.4, -0.2) is 37.8 Å². The summed E-state index contributed by atoms with van der Waals surface area (Å²) in [5.41, 5.74) is 4.31. The van der Waals surface area contributed by atoms with E-state index in [0.717, 1.165) is 22.4 Å². The molecule has 222 valence electrons. The van der Waals surface area contributed by atoms with Crippen LogP contribution in [0.25, 0.3) is 6.08 Å². The molecule has 5 rings (SSSR count). The summed E-state index contributed by atoms with van der Waals surface area (Å²) in [5.74, 6) is 0.742. The quantitative estimate of drug-likeness (QED) is 0.243. The summed E-state index contributed by atoms with van der Waals surface area (Å²) >= 11 is 1.29. The van der Waals surface area contributed by atoms with E-state index >= 15 is 0 Å². The van der Waals surface area contributed by atoms with E-state index in [4.69, 9.17) is 14.2 Å². The van der Waals surface area contributed by atoms with Crippen molar-refractivity contribution in [2.75, 3.05) is 32.2 Å². The number of anilines is 1. The summed E-state index contributed by atoms with van der Waals surface area (Å²) in [6.07, 6.45) is 1.82. The van der Waals surface area contributed by atoms with Gasteiger partial charge in [-0.2, -0.15) is 0 Å². The van der Waals surface area contributed by atoms with Crippen LogP contribution in [0.15, 0.2) is 93.9 Å². The molecule has 0 unspecified atom stereocenters. The van der Waals surface area contributed by atoms with E-state index in [2.05, 4.69) is 4.99 Å². The Morgan fingerprint density at radius 1 is 0.977 bits per heavy atom. The summed E-state index contributed by atoms with van der Waals surface area (Å²) in [5, 5.41) is 0. The third kappa shape index (κ3) is 6.41. The van der Waals surface area contributed by atoms with Gasteiger partial charge >= 0.3 is 5.97 Å². The topological polar surface area (TPSA) is 82.4 Å². The molecule has 1 aliphatic rings. The van der Waals surface area contributed by atoms with Gasteiger partial charge in [-0.3, -0.25) is 9.36 Å². The van der Waals surface area contributed by atoms with E-state index in [-0.39, 0.29) is 12.2 Å². The highest BCUT2D eigenvalue weighted by molar-refractivity contribution is 7.07. The van der Waals surface area contributed by atoms with Gasteiger partial charge in [-0.1, -0.05) is 59.9 Å². The lowest BCUT2D eigenvalue weighted by Crippen LogP contribution is -2.39. The first-order valence-electron chi connectivity index (χ1n) is 14.2. The number of ether oxygens (including phenoxy) is 3. The monoisotopic (exact) mass is 597 g/mol. The van der Waals surface area contributed by atoms with Gasteiger partial charge < -0.3 is 19.1 Å². The number of thiazole rings is 1. The van der Waals surface area contributed by atoms with Gasteiger partial charge in [0.05, 0.1) is 35.1 Å².